The van der Waals surface area contributed by atoms with Crippen molar-refractivity contribution in [3.8, 4) is 0 Å². The SMILES string of the molecule is CCC(=O)O[C@H]1[C@H](OC(C)=O)[C@@H]2[C@]3(C)C=CC(=O)[C@](C)(C(=O)OC)C3=C(O)C(=O)[C@@]2(C)[C@@]23O[C@@H]2C[C@@H](c2ccoc2)[C@]13C. The highest BCUT2D eigenvalue weighted by Crippen LogP contribution is 2.81. The van der Waals surface area contributed by atoms with Gasteiger partial charge < -0.3 is 28.5 Å². The number of Topliss-reactive ketones (excluding diaryl/α,β-unsaturated/α-hetero) is 1. The molecule has 0 radical (unpaired) electrons. The van der Waals surface area contributed by atoms with Gasteiger partial charge in [0.05, 0.1) is 31.2 Å². The first-order chi connectivity index (χ1) is 20.1. The van der Waals surface area contributed by atoms with Crippen LogP contribution in [0.2, 0.25) is 0 Å². The van der Waals surface area contributed by atoms with Gasteiger partial charge >= 0.3 is 17.9 Å². The van der Waals surface area contributed by atoms with Crippen molar-refractivity contribution >= 4 is 29.5 Å². The van der Waals surface area contributed by atoms with E-state index in [0.717, 1.165) is 12.7 Å². The van der Waals surface area contributed by atoms with Gasteiger partial charge in [0.2, 0.25) is 5.78 Å². The summed E-state index contributed by atoms with van der Waals surface area (Å²) in [6.07, 6.45) is 3.54. The zero-order chi connectivity index (χ0) is 31.5. The van der Waals surface area contributed by atoms with Crippen LogP contribution in [0.25, 0.3) is 0 Å². The fraction of sp³-hybridized carbons (Fsp3) is 0.594. The molecule has 1 N–H and O–H groups in total. The Kier molecular flexibility index (Phi) is 6.08. The van der Waals surface area contributed by atoms with E-state index in [9.17, 15) is 29.1 Å². The van der Waals surface area contributed by atoms with Gasteiger partial charge in [-0.2, -0.15) is 0 Å². The summed E-state index contributed by atoms with van der Waals surface area (Å²) in [5.41, 5.74) is -6.81. The Hall–Kier alpha value is -3.73. The minimum Gasteiger partial charge on any atom is -0.504 e. The second-order valence-corrected chi connectivity index (χ2v) is 13.1. The third-order valence-electron chi connectivity index (χ3n) is 11.4. The molecule has 43 heavy (non-hydrogen) atoms. The number of carbonyl (C=O) groups is 5. The number of hydrogen-bond acceptors (Lipinski definition) is 11. The monoisotopic (exact) mass is 596 g/mol. The first-order valence-corrected chi connectivity index (χ1v) is 14.5. The number of carbonyl (C=O) groups excluding carboxylic acids is 5. The van der Waals surface area contributed by atoms with E-state index in [1.165, 1.54) is 32.3 Å². The van der Waals surface area contributed by atoms with Gasteiger partial charge in [0.1, 0.15) is 17.8 Å². The van der Waals surface area contributed by atoms with Crippen LogP contribution in [-0.4, -0.2) is 65.6 Å². The molecule has 0 bridgehead atoms. The minimum atomic E-state index is -2.05. The molecule has 1 aromatic rings. The van der Waals surface area contributed by atoms with Crippen LogP contribution in [0.15, 0.2) is 46.5 Å². The number of hydrogen-bond donors (Lipinski definition) is 1. The quantitative estimate of drug-likeness (QED) is 0.229. The number of aliphatic hydroxyl groups is 1. The van der Waals surface area contributed by atoms with Crippen LogP contribution in [-0.2, 0) is 42.9 Å². The molecule has 10 atom stereocenters. The molecule has 1 saturated heterocycles. The average Bonchev–Trinajstić information content (AvgIpc) is 3.32. The Balaban J connectivity index is 1.69. The van der Waals surface area contributed by atoms with Gasteiger partial charge in [-0.1, -0.05) is 26.8 Å². The average molecular weight is 597 g/mol. The van der Waals surface area contributed by atoms with E-state index in [2.05, 4.69) is 0 Å². The van der Waals surface area contributed by atoms with E-state index < -0.39 is 86.7 Å². The van der Waals surface area contributed by atoms with E-state index in [4.69, 9.17) is 23.4 Å². The highest BCUT2D eigenvalue weighted by molar-refractivity contribution is 6.15. The Labute approximate surface area is 248 Å². The molecular formula is C32H36O11. The number of esters is 3. The maximum atomic E-state index is 14.8. The number of allylic oxidation sites excluding steroid dienone is 3. The van der Waals surface area contributed by atoms with Crippen LogP contribution in [0.5, 0.6) is 0 Å². The van der Waals surface area contributed by atoms with E-state index in [0.29, 0.717) is 6.42 Å². The van der Waals surface area contributed by atoms with Gasteiger partial charge in [0.25, 0.3) is 0 Å². The van der Waals surface area contributed by atoms with E-state index in [1.807, 2.05) is 6.92 Å². The van der Waals surface area contributed by atoms with Crippen LogP contribution in [0.3, 0.4) is 0 Å². The Bertz CT molecular complexity index is 1520. The van der Waals surface area contributed by atoms with Gasteiger partial charge in [-0.25, -0.2) is 0 Å². The number of epoxide rings is 1. The fourth-order valence-electron chi connectivity index (χ4n) is 9.72. The maximum Gasteiger partial charge on any atom is 0.323 e. The second kappa shape index (κ2) is 8.90. The van der Waals surface area contributed by atoms with Crippen molar-refractivity contribution in [1.29, 1.82) is 0 Å². The molecule has 230 valence electrons. The third-order valence-corrected chi connectivity index (χ3v) is 11.4. The van der Waals surface area contributed by atoms with Crippen LogP contribution < -0.4 is 0 Å². The highest BCUT2D eigenvalue weighted by atomic mass is 16.6. The van der Waals surface area contributed by atoms with Gasteiger partial charge in [-0.3, -0.25) is 24.0 Å². The summed E-state index contributed by atoms with van der Waals surface area (Å²) < 4.78 is 29.3. The molecule has 1 aliphatic heterocycles. The summed E-state index contributed by atoms with van der Waals surface area (Å²) in [7, 11) is 1.12. The molecule has 0 aromatic carbocycles. The van der Waals surface area contributed by atoms with Crippen molar-refractivity contribution in [2.75, 3.05) is 7.11 Å². The van der Waals surface area contributed by atoms with Gasteiger partial charge in [0, 0.05) is 41.6 Å². The van der Waals surface area contributed by atoms with Crippen molar-refractivity contribution in [3.05, 3.63) is 47.6 Å². The largest absolute Gasteiger partial charge is 0.504 e. The molecule has 0 amide bonds. The van der Waals surface area contributed by atoms with Gasteiger partial charge in [-0.15, -0.1) is 0 Å². The number of methoxy groups -OCH3 is 1. The summed E-state index contributed by atoms with van der Waals surface area (Å²) in [5.74, 6) is -5.70. The summed E-state index contributed by atoms with van der Waals surface area (Å²) in [5, 5.41) is 11.8. The number of ether oxygens (including phenoxy) is 4. The lowest BCUT2D eigenvalue weighted by Gasteiger charge is -2.65. The first kappa shape index (κ1) is 29.3. The molecule has 4 aliphatic carbocycles. The summed E-state index contributed by atoms with van der Waals surface area (Å²) in [6, 6.07) is 1.80. The molecule has 2 heterocycles. The van der Waals surface area contributed by atoms with Crippen LogP contribution >= 0.6 is 0 Å². The number of furan rings is 1. The molecule has 6 rings (SSSR count). The Morgan fingerprint density at radius 2 is 1.81 bits per heavy atom. The smallest absolute Gasteiger partial charge is 0.323 e. The first-order valence-electron chi connectivity index (χ1n) is 14.5. The molecule has 3 fully saturated rings. The zero-order valence-corrected chi connectivity index (χ0v) is 25.2. The summed E-state index contributed by atoms with van der Waals surface area (Å²) in [4.78, 5) is 67.3. The predicted molar refractivity (Wildman–Crippen MR) is 146 cm³/mol. The summed E-state index contributed by atoms with van der Waals surface area (Å²) in [6.45, 7) is 9.42. The topological polar surface area (TPSA) is 159 Å². The molecule has 1 aromatic heterocycles. The zero-order valence-electron chi connectivity index (χ0n) is 25.2. The lowest BCUT2D eigenvalue weighted by Crippen LogP contribution is -2.76. The maximum absolute atomic E-state index is 14.8. The van der Waals surface area contributed by atoms with Gasteiger partial charge in [0.15, 0.2) is 17.0 Å². The standard InChI is InChI=1S/C32H36O11/c1-8-20(35)42-26-22(41-15(2)33)24-28(3)11-9-18(34)29(4,27(38)39-7)23(28)21(36)25(37)31(24,6)32-19(43-32)13-17(30(26,32)5)16-10-12-40-14-16/h9-12,14,17,19,22,24,26,36H,8,13H2,1-7H3/t17-,19+,22+,24+,26-,28+,29-,30+,31-,32+/m0/s1. The van der Waals surface area contributed by atoms with Crippen molar-refractivity contribution in [2.45, 2.75) is 84.2 Å². The van der Waals surface area contributed by atoms with E-state index in [1.54, 1.807) is 33.1 Å². The van der Waals surface area contributed by atoms with Crippen LogP contribution in [0.1, 0.15) is 65.9 Å². The number of fused-ring (bicyclic) bond motifs is 3. The molecule has 11 heteroatoms. The highest BCUT2D eigenvalue weighted by Gasteiger charge is 2.92. The van der Waals surface area contributed by atoms with Crippen molar-refractivity contribution in [3.63, 3.8) is 0 Å². The molecule has 11 nitrogen and oxygen atoms in total. The summed E-state index contributed by atoms with van der Waals surface area (Å²) >= 11 is 0. The second-order valence-electron chi connectivity index (χ2n) is 13.1. The Morgan fingerprint density at radius 3 is 2.40 bits per heavy atom. The lowest BCUT2D eigenvalue weighted by atomic mass is 9.38. The molecular weight excluding hydrogens is 560 g/mol. The predicted octanol–water partition coefficient (Wildman–Crippen LogP) is 3.52. The minimum absolute atomic E-state index is 0.0337. The van der Waals surface area contributed by atoms with Crippen LogP contribution in [0, 0.1) is 27.6 Å². The number of rotatable bonds is 5. The lowest BCUT2D eigenvalue weighted by molar-refractivity contribution is -0.248. The van der Waals surface area contributed by atoms with Crippen molar-refractivity contribution < 1.29 is 52.4 Å². The molecule has 1 spiro atoms. The van der Waals surface area contributed by atoms with E-state index in [-0.39, 0.29) is 17.9 Å². The van der Waals surface area contributed by atoms with Crippen molar-refractivity contribution in [2.24, 2.45) is 27.6 Å². The van der Waals surface area contributed by atoms with Gasteiger partial charge in [-0.05, 0) is 38.0 Å². The fourth-order valence-corrected chi connectivity index (χ4v) is 9.72. The number of ketones is 2. The third kappa shape index (κ3) is 3.16. The van der Waals surface area contributed by atoms with E-state index >= 15 is 0 Å². The van der Waals surface area contributed by atoms with Crippen LogP contribution in [0.4, 0.5) is 0 Å². The van der Waals surface area contributed by atoms with Crippen molar-refractivity contribution in [1.82, 2.24) is 0 Å². The molecule has 0 unspecified atom stereocenters. The molecule has 5 aliphatic rings. The normalized spacial score (nSPS) is 44.1. The number of aliphatic hydroxyl groups excluding tert-OH is 1. The Morgan fingerprint density at radius 1 is 1.12 bits per heavy atom. The molecule has 2 saturated carbocycles.